The number of aromatic nitrogens is 2. The lowest BCUT2D eigenvalue weighted by Gasteiger charge is -2.17. The van der Waals surface area contributed by atoms with Gasteiger partial charge in [-0.1, -0.05) is 49.0 Å². The van der Waals surface area contributed by atoms with Gasteiger partial charge in [-0.3, -0.25) is 9.79 Å². The van der Waals surface area contributed by atoms with Crippen molar-refractivity contribution in [2.45, 2.75) is 38.5 Å². The summed E-state index contributed by atoms with van der Waals surface area (Å²) in [5, 5.41) is 1.29. The minimum Gasteiger partial charge on any atom is -0.379 e. The molecule has 2 aromatic heterocycles. The molecule has 0 radical (unpaired) electrons. The summed E-state index contributed by atoms with van der Waals surface area (Å²) in [5.74, 6) is 1.84. The van der Waals surface area contributed by atoms with Crippen LogP contribution in [-0.4, -0.2) is 15.1 Å². The van der Waals surface area contributed by atoms with Gasteiger partial charge in [0.15, 0.2) is 5.17 Å². The number of thiophene rings is 1. The van der Waals surface area contributed by atoms with E-state index in [1.165, 1.54) is 22.2 Å². The van der Waals surface area contributed by atoms with Gasteiger partial charge < -0.3 is 10.7 Å². The van der Waals surface area contributed by atoms with E-state index in [0.29, 0.717) is 29.2 Å². The molecule has 0 bridgehead atoms. The van der Waals surface area contributed by atoms with E-state index in [9.17, 15) is 4.79 Å². The van der Waals surface area contributed by atoms with Crippen molar-refractivity contribution < 1.29 is 0 Å². The van der Waals surface area contributed by atoms with E-state index in [0.717, 1.165) is 35.0 Å². The molecule has 3 aromatic rings. The molecule has 0 saturated heterocycles. The summed E-state index contributed by atoms with van der Waals surface area (Å²) in [7, 11) is 0. The number of rotatable bonds is 4. The quantitative estimate of drug-likeness (QED) is 0.516. The fourth-order valence-electron chi connectivity index (χ4n) is 3.40. The van der Waals surface area contributed by atoms with Gasteiger partial charge in [0.2, 0.25) is 0 Å². The fraction of sp³-hybridized carbons (Fsp3) is 0.350. The molecule has 140 valence electrons. The van der Waals surface area contributed by atoms with Crippen molar-refractivity contribution in [3.63, 3.8) is 0 Å². The van der Waals surface area contributed by atoms with Gasteiger partial charge in [-0.25, -0.2) is 4.98 Å². The van der Waals surface area contributed by atoms with Gasteiger partial charge in [-0.2, -0.15) is 0 Å². The van der Waals surface area contributed by atoms with Gasteiger partial charge in [0.1, 0.15) is 10.7 Å². The summed E-state index contributed by atoms with van der Waals surface area (Å²) in [6.45, 7) is 2.82. The molecule has 2 heterocycles. The number of hydrogen-bond acceptors (Lipinski definition) is 5. The van der Waals surface area contributed by atoms with Crippen LogP contribution in [0.5, 0.6) is 0 Å². The number of aliphatic imine (C=N–C) groups is 1. The van der Waals surface area contributed by atoms with Crippen LogP contribution in [0, 0.1) is 5.92 Å². The van der Waals surface area contributed by atoms with E-state index in [1.54, 1.807) is 11.3 Å². The number of thioether (sulfide) groups is 1. The van der Waals surface area contributed by atoms with Gasteiger partial charge >= 0.3 is 0 Å². The largest absolute Gasteiger partial charge is 0.379 e. The summed E-state index contributed by atoms with van der Waals surface area (Å²) in [6.07, 6.45) is 3.18. The van der Waals surface area contributed by atoms with Crippen LogP contribution in [0.15, 0.2) is 40.1 Å². The fourth-order valence-corrected chi connectivity index (χ4v) is 5.38. The molecule has 4 rings (SSSR count). The smallest absolute Gasteiger partial charge is 0.259 e. The molecule has 1 atom stereocenters. The first-order valence-corrected chi connectivity index (χ1v) is 10.9. The molecule has 1 aromatic carbocycles. The number of aryl methyl sites for hydroxylation is 1. The van der Waals surface area contributed by atoms with E-state index in [2.05, 4.69) is 21.9 Å². The number of hydrogen-bond donors (Lipinski definition) is 2. The maximum Gasteiger partial charge on any atom is 0.259 e. The molecule has 1 aliphatic carbocycles. The summed E-state index contributed by atoms with van der Waals surface area (Å²) < 4.78 is 0. The van der Waals surface area contributed by atoms with E-state index in [-0.39, 0.29) is 5.56 Å². The second kappa shape index (κ2) is 7.86. The zero-order chi connectivity index (χ0) is 18.8. The molecule has 3 N–H and O–H groups in total. The van der Waals surface area contributed by atoms with Crippen molar-refractivity contribution in [2.75, 3.05) is 0 Å². The van der Waals surface area contributed by atoms with Gasteiger partial charge in [0.05, 0.1) is 17.7 Å². The Kier molecular flexibility index (Phi) is 5.31. The number of nitrogens with one attached hydrogen (secondary N) is 1. The average molecular weight is 399 g/mol. The van der Waals surface area contributed by atoms with E-state index < -0.39 is 0 Å². The first-order valence-electron chi connectivity index (χ1n) is 9.10. The van der Waals surface area contributed by atoms with E-state index in [1.807, 2.05) is 30.3 Å². The zero-order valence-corrected chi connectivity index (χ0v) is 16.8. The van der Waals surface area contributed by atoms with Crippen molar-refractivity contribution in [3.8, 4) is 0 Å². The van der Waals surface area contributed by atoms with Gasteiger partial charge in [0.25, 0.3) is 5.56 Å². The van der Waals surface area contributed by atoms with Gasteiger partial charge in [0, 0.05) is 4.88 Å². The normalized spacial score (nSPS) is 17.2. The Morgan fingerprint density at radius 2 is 2.22 bits per heavy atom. The summed E-state index contributed by atoms with van der Waals surface area (Å²) in [5.41, 5.74) is 8.32. The predicted molar refractivity (Wildman–Crippen MR) is 114 cm³/mol. The highest BCUT2D eigenvalue weighted by molar-refractivity contribution is 8.13. The third-order valence-electron chi connectivity index (χ3n) is 4.83. The molecule has 27 heavy (non-hydrogen) atoms. The summed E-state index contributed by atoms with van der Waals surface area (Å²) >= 11 is 3.07. The highest BCUT2D eigenvalue weighted by Gasteiger charge is 2.23. The lowest BCUT2D eigenvalue weighted by molar-refractivity contribution is 0.509. The number of H-pyrrole nitrogens is 1. The minimum absolute atomic E-state index is 0.0255. The number of benzene rings is 1. The molecule has 0 spiro atoms. The lowest BCUT2D eigenvalue weighted by Crippen LogP contribution is -2.15. The van der Waals surface area contributed by atoms with Gasteiger partial charge in [-0.05, 0) is 36.3 Å². The molecule has 1 aliphatic rings. The van der Waals surface area contributed by atoms with Crippen LogP contribution >= 0.6 is 23.1 Å². The number of nitrogens with zero attached hydrogens (tertiary/aromatic N) is 2. The molecule has 0 unspecified atom stereocenters. The van der Waals surface area contributed by atoms with Gasteiger partial charge in [-0.15, -0.1) is 11.3 Å². The van der Waals surface area contributed by atoms with Crippen LogP contribution in [-0.2, 0) is 25.1 Å². The molecule has 7 heteroatoms. The first kappa shape index (κ1) is 18.3. The maximum absolute atomic E-state index is 12.6. The minimum atomic E-state index is -0.0255. The zero-order valence-electron chi connectivity index (χ0n) is 15.2. The Morgan fingerprint density at radius 3 is 3.04 bits per heavy atom. The van der Waals surface area contributed by atoms with Crippen molar-refractivity contribution in [1.82, 2.24) is 9.97 Å². The Hall–Kier alpha value is -2.12. The lowest BCUT2D eigenvalue weighted by atomic mass is 9.89. The third kappa shape index (κ3) is 4.09. The summed E-state index contributed by atoms with van der Waals surface area (Å²) in [4.78, 5) is 26.8. The average Bonchev–Trinajstić information content (AvgIpc) is 3.03. The topological polar surface area (TPSA) is 84.1 Å². The van der Waals surface area contributed by atoms with Crippen molar-refractivity contribution in [3.05, 3.63) is 62.5 Å². The molecular weight excluding hydrogens is 376 g/mol. The monoisotopic (exact) mass is 398 g/mol. The highest BCUT2D eigenvalue weighted by Crippen LogP contribution is 2.35. The van der Waals surface area contributed by atoms with Crippen LogP contribution in [0.2, 0.25) is 0 Å². The van der Waals surface area contributed by atoms with Crippen molar-refractivity contribution >= 4 is 38.5 Å². The highest BCUT2D eigenvalue weighted by atomic mass is 32.2. The second-order valence-corrected chi connectivity index (χ2v) is 9.05. The Morgan fingerprint density at radius 1 is 1.41 bits per heavy atom. The Bertz CT molecular complexity index is 1040. The second-order valence-electron chi connectivity index (χ2n) is 6.97. The third-order valence-corrected chi connectivity index (χ3v) is 6.82. The van der Waals surface area contributed by atoms with E-state index in [4.69, 9.17) is 5.73 Å². The predicted octanol–water partition coefficient (Wildman–Crippen LogP) is 3.86. The number of amidine groups is 1. The van der Waals surface area contributed by atoms with Crippen LogP contribution in [0.1, 0.15) is 35.2 Å². The van der Waals surface area contributed by atoms with Crippen molar-refractivity contribution in [2.24, 2.45) is 16.6 Å². The maximum atomic E-state index is 12.6. The molecular formula is C20H22N4OS2. The molecule has 0 fully saturated rings. The SMILES string of the molecule is C[C@H]1CCc2c(sc3nc(CSC(N)=NCc4ccccc4)[nH]c(=O)c23)C1. The Balaban J connectivity index is 1.49. The molecule has 0 amide bonds. The molecule has 0 saturated carbocycles. The van der Waals surface area contributed by atoms with Crippen LogP contribution < -0.4 is 11.3 Å². The van der Waals surface area contributed by atoms with E-state index >= 15 is 0 Å². The Labute approximate surface area is 166 Å². The van der Waals surface area contributed by atoms with Crippen LogP contribution in [0.3, 0.4) is 0 Å². The van der Waals surface area contributed by atoms with Crippen LogP contribution in [0.25, 0.3) is 10.2 Å². The van der Waals surface area contributed by atoms with Crippen molar-refractivity contribution in [1.29, 1.82) is 0 Å². The number of aromatic amines is 1. The molecule has 5 nitrogen and oxygen atoms in total. The summed E-state index contributed by atoms with van der Waals surface area (Å²) in [6, 6.07) is 9.99. The number of fused-ring (bicyclic) bond motifs is 3. The van der Waals surface area contributed by atoms with Crippen LogP contribution in [0.4, 0.5) is 0 Å². The molecule has 0 aliphatic heterocycles. The standard InChI is InChI=1S/C20H22N4OS2/c1-12-7-8-14-15(9-12)27-19-17(14)18(25)23-16(24-19)11-26-20(21)22-10-13-5-3-2-4-6-13/h2-6,12H,7-11H2,1H3,(H2,21,22)(H,23,24,25)/t12-/m0/s1. The first-order chi connectivity index (χ1) is 13.1. The number of nitrogens with two attached hydrogens (primary N) is 1.